The van der Waals surface area contributed by atoms with E-state index < -0.39 is 0 Å². The van der Waals surface area contributed by atoms with Crippen molar-refractivity contribution in [3.63, 3.8) is 0 Å². The molecule has 1 aromatic rings. The molecule has 1 nitrogen and oxygen atoms in total. The Morgan fingerprint density at radius 2 is 2.12 bits per heavy atom. The lowest BCUT2D eigenvalue weighted by molar-refractivity contribution is 0.462. The van der Waals surface area contributed by atoms with Gasteiger partial charge in [0.15, 0.2) is 0 Å². The molecule has 0 aliphatic heterocycles. The van der Waals surface area contributed by atoms with Gasteiger partial charge in [0.1, 0.15) is 0 Å². The van der Waals surface area contributed by atoms with Crippen LogP contribution in [0.15, 0.2) is 24.3 Å². The van der Waals surface area contributed by atoms with Crippen molar-refractivity contribution in [1.82, 2.24) is 5.32 Å². The molecule has 94 valence electrons. The molecule has 1 heteroatoms. The van der Waals surface area contributed by atoms with Crippen molar-refractivity contribution in [1.29, 1.82) is 0 Å². The van der Waals surface area contributed by atoms with E-state index in [2.05, 4.69) is 43.4 Å². The molecule has 1 aliphatic rings. The van der Waals surface area contributed by atoms with Crippen LogP contribution in [0, 0.1) is 0 Å². The van der Waals surface area contributed by atoms with E-state index in [4.69, 9.17) is 0 Å². The minimum atomic E-state index is 0.685. The second-order valence-electron chi connectivity index (χ2n) is 5.29. The Balaban J connectivity index is 1.87. The Hall–Kier alpha value is -0.820. The number of nitrogens with one attached hydrogen (secondary N) is 1. The Kier molecular flexibility index (Phi) is 4.61. The molecule has 1 aliphatic carbocycles. The summed E-state index contributed by atoms with van der Waals surface area (Å²) in [5.74, 6) is 0.868. The summed E-state index contributed by atoms with van der Waals surface area (Å²) in [5.41, 5.74) is 3.00. The molecule has 17 heavy (non-hydrogen) atoms. The van der Waals surface area contributed by atoms with Crippen LogP contribution >= 0.6 is 0 Å². The molecule has 0 aromatic heterocycles. The molecule has 0 saturated heterocycles. The predicted octanol–water partition coefficient (Wildman–Crippen LogP) is 4.23. The summed E-state index contributed by atoms with van der Waals surface area (Å²) in [7, 11) is 0. The first-order valence-electron chi connectivity index (χ1n) is 7.15. The maximum atomic E-state index is 3.67. The van der Waals surface area contributed by atoms with Crippen LogP contribution in [-0.4, -0.2) is 6.04 Å². The van der Waals surface area contributed by atoms with E-state index in [1.807, 2.05) is 0 Å². The van der Waals surface area contributed by atoms with Crippen molar-refractivity contribution >= 4 is 0 Å². The second-order valence-corrected chi connectivity index (χ2v) is 5.29. The zero-order valence-electron chi connectivity index (χ0n) is 11.2. The highest BCUT2D eigenvalue weighted by atomic mass is 14.9. The van der Waals surface area contributed by atoms with E-state index >= 15 is 0 Å². The highest BCUT2D eigenvalue weighted by Crippen LogP contribution is 2.40. The lowest BCUT2D eigenvalue weighted by Gasteiger charge is -2.16. The first kappa shape index (κ1) is 12.6. The van der Waals surface area contributed by atoms with Gasteiger partial charge in [-0.15, -0.1) is 0 Å². The van der Waals surface area contributed by atoms with Gasteiger partial charge in [-0.2, -0.15) is 0 Å². The molecule has 1 unspecified atom stereocenters. The molecule has 2 rings (SSSR count). The Morgan fingerprint density at radius 1 is 1.29 bits per heavy atom. The van der Waals surface area contributed by atoms with Crippen LogP contribution in [0.2, 0.25) is 0 Å². The van der Waals surface area contributed by atoms with Gasteiger partial charge in [-0.3, -0.25) is 0 Å². The fourth-order valence-electron chi connectivity index (χ4n) is 2.43. The van der Waals surface area contributed by atoms with E-state index in [1.54, 1.807) is 5.56 Å². The third-order valence-electron chi connectivity index (χ3n) is 3.72. The van der Waals surface area contributed by atoms with Gasteiger partial charge in [-0.1, -0.05) is 44.5 Å². The normalized spacial score (nSPS) is 17.1. The van der Waals surface area contributed by atoms with Crippen LogP contribution in [0.1, 0.15) is 63.0 Å². The molecule has 1 N–H and O–H groups in total. The van der Waals surface area contributed by atoms with E-state index in [0.717, 1.165) is 12.5 Å². The van der Waals surface area contributed by atoms with E-state index in [9.17, 15) is 0 Å². The highest BCUT2D eigenvalue weighted by Gasteiger charge is 2.23. The highest BCUT2D eigenvalue weighted by molar-refractivity contribution is 5.29. The largest absolute Gasteiger partial charge is 0.310 e. The molecule has 0 spiro atoms. The van der Waals surface area contributed by atoms with Gasteiger partial charge in [0, 0.05) is 12.6 Å². The van der Waals surface area contributed by atoms with Gasteiger partial charge in [-0.25, -0.2) is 0 Å². The van der Waals surface area contributed by atoms with Crippen LogP contribution in [0.3, 0.4) is 0 Å². The molecule has 1 fully saturated rings. The molecule has 0 bridgehead atoms. The van der Waals surface area contributed by atoms with E-state index in [1.165, 1.54) is 37.7 Å². The summed E-state index contributed by atoms with van der Waals surface area (Å²) in [4.78, 5) is 0. The fraction of sp³-hybridized carbons (Fsp3) is 0.625. The minimum absolute atomic E-state index is 0.685. The first-order valence-corrected chi connectivity index (χ1v) is 7.15. The van der Waals surface area contributed by atoms with E-state index in [0.29, 0.717) is 6.04 Å². The Morgan fingerprint density at radius 3 is 2.76 bits per heavy atom. The summed E-state index contributed by atoms with van der Waals surface area (Å²) in [5, 5.41) is 3.67. The number of hydrogen-bond acceptors (Lipinski definition) is 1. The van der Waals surface area contributed by atoms with Gasteiger partial charge in [0.25, 0.3) is 0 Å². The lowest BCUT2D eigenvalue weighted by atomic mass is 10.1. The van der Waals surface area contributed by atoms with Gasteiger partial charge >= 0.3 is 0 Å². The zero-order chi connectivity index (χ0) is 12.1. The summed E-state index contributed by atoms with van der Waals surface area (Å²) < 4.78 is 0. The summed E-state index contributed by atoms with van der Waals surface area (Å²) >= 11 is 0. The Bertz CT molecular complexity index is 341. The third-order valence-corrected chi connectivity index (χ3v) is 3.72. The molecule has 1 atom stereocenters. The molecule has 0 amide bonds. The van der Waals surface area contributed by atoms with Crippen LogP contribution in [-0.2, 0) is 6.54 Å². The smallest absolute Gasteiger partial charge is 0.0208 e. The number of benzene rings is 1. The van der Waals surface area contributed by atoms with Crippen molar-refractivity contribution in [3.8, 4) is 0 Å². The average Bonchev–Trinajstić information content (AvgIpc) is 3.19. The molecule has 1 aromatic carbocycles. The SMILES string of the molecule is CCCC(CC)NCc1cccc(C2CC2)c1. The summed E-state index contributed by atoms with van der Waals surface area (Å²) in [6, 6.07) is 9.82. The van der Waals surface area contributed by atoms with Crippen molar-refractivity contribution in [3.05, 3.63) is 35.4 Å². The van der Waals surface area contributed by atoms with Crippen LogP contribution in [0.5, 0.6) is 0 Å². The molecular weight excluding hydrogens is 206 g/mol. The van der Waals surface area contributed by atoms with Gasteiger partial charge in [0.05, 0.1) is 0 Å². The summed E-state index contributed by atoms with van der Waals surface area (Å²) in [6.45, 7) is 5.56. The summed E-state index contributed by atoms with van der Waals surface area (Å²) in [6.07, 6.45) is 6.58. The van der Waals surface area contributed by atoms with Crippen molar-refractivity contribution in [2.45, 2.75) is 64.5 Å². The first-order chi connectivity index (χ1) is 8.33. The molecule has 0 radical (unpaired) electrons. The van der Waals surface area contributed by atoms with Gasteiger partial charge in [-0.05, 0) is 42.7 Å². The second kappa shape index (κ2) is 6.20. The average molecular weight is 231 g/mol. The van der Waals surface area contributed by atoms with Crippen LogP contribution < -0.4 is 5.32 Å². The monoisotopic (exact) mass is 231 g/mol. The van der Waals surface area contributed by atoms with Crippen molar-refractivity contribution < 1.29 is 0 Å². The number of hydrogen-bond donors (Lipinski definition) is 1. The standard InChI is InChI=1S/C16H25N/c1-3-6-16(4-2)17-12-13-7-5-8-15(11-13)14-9-10-14/h5,7-8,11,14,16-17H,3-4,6,9-10,12H2,1-2H3. The quantitative estimate of drug-likeness (QED) is 0.740. The molecule has 1 saturated carbocycles. The van der Waals surface area contributed by atoms with Gasteiger partial charge in [0.2, 0.25) is 0 Å². The van der Waals surface area contributed by atoms with Crippen LogP contribution in [0.4, 0.5) is 0 Å². The van der Waals surface area contributed by atoms with Gasteiger partial charge < -0.3 is 5.32 Å². The fourth-order valence-corrected chi connectivity index (χ4v) is 2.43. The Labute approximate surface area is 106 Å². The number of rotatable bonds is 7. The topological polar surface area (TPSA) is 12.0 Å². The predicted molar refractivity (Wildman–Crippen MR) is 74.2 cm³/mol. The molecular formula is C16H25N. The lowest BCUT2D eigenvalue weighted by Crippen LogP contribution is -2.27. The minimum Gasteiger partial charge on any atom is -0.310 e. The molecule has 0 heterocycles. The van der Waals surface area contributed by atoms with Crippen molar-refractivity contribution in [2.24, 2.45) is 0 Å². The van der Waals surface area contributed by atoms with Crippen molar-refractivity contribution in [2.75, 3.05) is 0 Å². The third kappa shape index (κ3) is 3.85. The van der Waals surface area contributed by atoms with E-state index in [-0.39, 0.29) is 0 Å². The zero-order valence-corrected chi connectivity index (χ0v) is 11.2. The van der Waals surface area contributed by atoms with Crippen LogP contribution in [0.25, 0.3) is 0 Å². The maximum Gasteiger partial charge on any atom is 0.0208 e. The maximum absolute atomic E-state index is 3.67.